The van der Waals surface area contributed by atoms with Gasteiger partial charge in [-0.25, -0.2) is 23.3 Å². The zero-order chi connectivity index (χ0) is 25.8. The molecule has 0 fully saturated rings. The number of benzene rings is 1. The van der Waals surface area contributed by atoms with Gasteiger partial charge >= 0.3 is 0 Å². The number of hydrogen-bond donors (Lipinski definition) is 3. The third-order valence-electron chi connectivity index (χ3n) is 5.59. The van der Waals surface area contributed by atoms with Gasteiger partial charge in [0, 0.05) is 6.20 Å². The third kappa shape index (κ3) is 5.77. The van der Waals surface area contributed by atoms with Crippen LogP contribution in [0.3, 0.4) is 0 Å². The number of carbonyl (C=O) groups excluding carboxylic acids is 1. The van der Waals surface area contributed by atoms with Crippen LogP contribution in [0.25, 0.3) is 10.6 Å². The molecule has 12 nitrogen and oxygen atoms in total. The zero-order valence-electron chi connectivity index (χ0n) is 19.3. The fourth-order valence-corrected chi connectivity index (χ4v) is 6.11. The predicted octanol–water partition coefficient (Wildman–Crippen LogP) is 2.29. The number of sulfonamides is 1. The molecule has 0 saturated heterocycles. The van der Waals surface area contributed by atoms with Crippen molar-refractivity contribution in [1.29, 1.82) is 0 Å². The molecule has 14 heteroatoms. The SMILES string of the molecule is O=C(C[C@H](Cc1ccc2c(c1)OCO2)n1cc(CNS(=O)(=O)c2ccc(-c3ccccn3)s2)nn1)NO. The minimum atomic E-state index is -3.79. The number of nitrogens with zero attached hydrogens (tertiary/aromatic N) is 4. The van der Waals surface area contributed by atoms with Crippen molar-refractivity contribution in [3.8, 4) is 22.1 Å². The molecule has 1 atom stereocenters. The first kappa shape index (κ1) is 24.8. The Morgan fingerprint density at radius 2 is 2.03 bits per heavy atom. The molecule has 0 aliphatic carbocycles. The molecule has 0 radical (unpaired) electrons. The van der Waals surface area contributed by atoms with Gasteiger partial charge in [0.05, 0.1) is 41.5 Å². The predicted molar refractivity (Wildman–Crippen MR) is 131 cm³/mol. The van der Waals surface area contributed by atoms with E-state index in [1.165, 1.54) is 10.7 Å². The molecule has 0 saturated carbocycles. The summed E-state index contributed by atoms with van der Waals surface area (Å²) in [5.41, 5.74) is 3.55. The lowest BCUT2D eigenvalue weighted by molar-refractivity contribution is -0.130. The van der Waals surface area contributed by atoms with Crippen molar-refractivity contribution < 1.29 is 27.9 Å². The molecule has 192 valence electrons. The van der Waals surface area contributed by atoms with Gasteiger partial charge in [-0.2, -0.15) is 0 Å². The maximum Gasteiger partial charge on any atom is 0.250 e. The van der Waals surface area contributed by atoms with Crippen LogP contribution >= 0.6 is 11.3 Å². The minimum Gasteiger partial charge on any atom is -0.454 e. The standard InChI is InChI=1S/C23H22N6O6S2/c30-22(27-31)11-17(9-15-4-5-19-20(10-15)35-14-34-19)29-13-16(26-28-29)12-25-37(32,33)23-7-6-21(36-23)18-3-1-2-8-24-18/h1-8,10,13,17,25,31H,9,11-12,14H2,(H,27,30)/t17-/m0/s1. The molecule has 37 heavy (non-hydrogen) atoms. The van der Waals surface area contributed by atoms with Crippen molar-refractivity contribution in [2.75, 3.05) is 6.79 Å². The molecule has 0 unspecified atom stereocenters. The van der Waals surface area contributed by atoms with Gasteiger partial charge in [-0.15, -0.1) is 16.4 Å². The number of carbonyl (C=O) groups is 1. The van der Waals surface area contributed by atoms with Crippen molar-refractivity contribution in [2.24, 2.45) is 0 Å². The number of pyridine rings is 1. The quantitative estimate of drug-likeness (QED) is 0.202. The van der Waals surface area contributed by atoms with Gasteiger partial charge in [-0.05, 0) is 48.4 Å². The second kappa shape index (κ2) is 10.6. The number of ether oxygens (including phenoxy) is 2. The molecule has 3 aromatic heterocycles. The van der Waals surface area contributed by atoms with Gasteiger partial charge in [-0.1, -0.05) is 17.3 Å². The Labute approximate surface area is 215 Å². The van der Waals surface area contributed by atoms with E-state index in [1.807, 2.05) is 24.3 Å². The molecular formula is C23H22N6O6S2. The highest BCUT2D eigenvalue weighted by Gasteiger charge is 2.22. The number of hydroxylamine groups is 1. The first-order valence-corrected chi connectivity index (χ1v) is 13.4. The van der Waals surface area contributed by atoms with Crippen LogP contribution in [0.1, 0.15) is 23.7 Å². The highest BCUT2D eigenvalue weighted by Crippen LogP contribution is 2.34. The smallest absolute Gasteiger partial charge is 0.250 e. The molecule has 4 heterocycles. The number of amides is 1. The Hall–Kier alpha value is -3.85. The highest BCUT2D eigenvalue weighted by molar-refractivity contribution is 7.91. The molecule has 3 N–H and O–H groups in total. The Morgan fingerprint density at radius 1 is 1.16 bits per heavy atom. The lowest BCUT2D eigenvalue weighted by atomic mass is 10.0. The van der Waals surface area contributed by atoms with Crippen LogP contribution < -0.4 is 19.7 Å². The highest BCUT2D eigenvalue weighted by atomic mass is 32.2. The number of aromatic nitrogens is 4. The van der Waals surface area contributed by atoms with Crippen molar-refractivity contribution in [3.63, 3.8) is 0 Å². The maximum absolute atomic E-state index is 12.8. The largest absolute Gasteiger partial charge is 0.454 e. The molecule has 0 bridgehead atoms. The first-order valence-electron chi connectivity index (χ1n) is 11.1. The summed E-state index contributed by atoms with van der Waals surface area (Å²) in [4.78, 5) is 16.9. The van der Waals surface area contributed by atoms with E-state index in [9.17, 15) is 13.2 Å². The number of nitrogens with one attached hydrogen (secondary N) is 2. The Balaban J connectivity index is 1.28. The molecule has 5 rings (SSSR count). The summed E-state index contributed by atoms with van der Waals surface area (Å²) in [5, 5.41) is 17.2. The molecule has 1 aromatic carbocycles. The van der Waals surface area contributed by atoms with E-state index in [1.54, 1.807) is 36.1 Å². The summed E-state index contributed by atoms with van der Waals surface area (Å²) >= 11 is 1.12. The van der Waals surface area contributed by atoms with Gasteiger partial charge < -0.3 is 9.47 Å². The minimum absolute atomic E-state index is 0.0784. The van der Waals surface area contributed by atoms with Crippen LogP contribution in [0.5, 0.6) is 11.5 Å². The summed E-state index contributed by atoms with van der Waals surface area (Å²) in [6, 6.07) is 13.6. The van der Waals surface area contributed by atoms with Gasteiger partial charge in [-0.3, -0.25) is 15.0 Å². The monoisotopic (exact) mass is 542 g/mol. The fraction of sp³-hybridized carbons (Fsp3) is 0.217. The van der Waals surface area contributed by atoms with Crippen LogP contribution in [0.15, 0.2) is 65.1 Å². The van der Waals surface area contributed by atoms with E-state index >= 15 is 0 Å². The summed E-state index contributed by atoms with van der Waals surface area (Å²) in [6.45, 7) is 0.0511. The molecule has 1 amide bonds. The fourth-order valence-electron chi connectivity index (χ4n) is 3.78. The van der Waals surface area contributed by atoms with Crippen molar-refractivity contribution in [1.82, 2.24) is 30.2 Å². The van der Waals surface area contributed by atoms with Crippen LogP contribution in [0.4, 0.5) is 0 Å². The van der Waals surface area contributed by atoms with Crippen molar-refractivity contribution in [3.05, 3.63) is 72.2 Å². The molecule has 1 aliphatic rings. The van der Waals surface area contributed by atoms with E-state index in [-0.39, 0.29) is 24.0 Å². The topological polar surface area (TPSA) is 158 Å². The number of fused-ring (bicyclic) bond motifs is 1. The van der Waals surface area contributed by atoms with E-state index in [2.05, 4.69) is 20.0 Å². The van der Waals surface area contributed by atoms with Crippen LogP contribution in [0, 0.1) is 0 Å². The van der Waals surface area contributed by atoms with Crippen LogP contribution in [0.2, 0.25) is 0 Å². The molecule has 0 spiro atoms. The second-order valence-electron chi connectivity index (χ2n) is 8.13. The van der Waals surface area contributed by atoms with Gasteiger partial charge in [0.25, 0.3) is 0 Å². The molecule has 4 aromatic rings. The average molecular weight is 543 g/mol. The summed E-state index contributed by atoms with van der Waals surface area (Å²) < 4.78 is 40.6. The second-order valence-corrected chi connectivity index (χ2v) is 11.2. The lowest BCUT2D eigenvalue weighted by Gasteiger charge is -2.16. The number of thiophene rings is 1. The van der Waals surface area contributed by atoms with Crippen LogP contribution in [-0.2, 0) is 27.8 Å². The van der Waals surface area contributed by atoms with E-state index < -0.39 is 22.0 Å². The van der Waals surface area contributed by atoms with Gasteiger partial charge in [0.15, 0.2) is 11.5 Å². The summed E-state index contributed by atoms with van der Waals surface area (Å²) in [7, 11) is -3.79. The first-order chi connectivity index (χ1) is 17.9. The van der Waals surface area contributed by atoms with Gasteiger partial charge in [0.1, 0.15) is 4.21 Å². The molecule has 1 aliphatic heterocycles. The summed E-state index contributed by atoms with van der Waals surface area (Å²) in [6.07, 6.45) is 3.52. The lowest BCUT2D eigenvalue weighted by Crippen LogP contribution is -2.25. The normalized spacial score (nSPS) is 13.4. The number of hydrogen-bond acceptors (Lipinski definition) is 10. The van der Waals surface area contributed by atoms with E-state index in [4.69, 9.17) is 14.7 Å². The Morgan fingerprint density at radius 3 is 2.84 bits per heavy atom. The average Bonchev–Trinajstić information content (AvgIpc) is 3.68. The molecular weight excluding hydrogens is 520 g/mol. The van der Waals surface area contributed by atoms with Crippen molar-refractivity contribution >= 4 is 27.3 Å². The number of rotatable bonds is 10. The van der Waals surface area contributed by atoms with Crippen molar-refractivity contribution in [2.45, 2.75) is 29.6 Å². The van der Waals surface area contributed by atoms with Crippen LogP contribution in [-0.4, -0.2) is 46.3 Å². The maximum atomic E-state index is 12.8. The Kier molecular flexibility index (Phi) is 7.14. The van der Waals surface area contributed by atoms with E-state index in [0.717, 1.165) is 21.8 Å². The van der Waals surface area contributed by atoms with Gasteiger partial charge in [0.2, 0.25) is 22.7 Å². The summed E-state index contributed by atoms with van der Waals surface area (Å²) in [5.74, 6) is 0.655. The third-order valence-corrected chi connectivity index (χ3v) is 8.59. The zero-order valence-corrected chi connectivity index (χ0v) is 20.9. The Bertz CT molecular complexity index is 1500. The van der Waals surface area contributed by atoms with E-state index in [0.29, 0.717) is 29.3 Å².